The number of ether oxygens (including phenoxy) is 1. The predicted octanol–water partition coefficient (Wildman–Crippen LogP) is 2.85. The number of anilines is 1. The van der Waals surface area contributed by atoms with Crippen LogP contribution in [0.15, 0.2) is 18.2 Å². The number of halogens is 1. The van der Waals surface area contributed by atoms with Gasteiger partial charge in [0.1, 0.15) is 5.82 Å². The van der Waals surface area contributed by atoms with E-state index in [0.29, 0.717) is 12.3 Å². The number of piperidine rings is 1. The molecule has 1 aliphatic rings. The van der Waals surface area contributed by atoms with Gasteiger partial charge in [0.15, 0.2) is 0 Å². The van der Waals surface area contributed by atoms with Crippen LogP contribution in [0.2, 0.25) is 0 Å². The van der Waals surface area contributed by atoms with E-state index >= 15 is 0 Å². The van der Waals surface area contributed by atoms with Gasteiger partial charge in [0.05, 0.1) is 11.8 Å². The normalized spacial score (nSPS) is 21.5. The minimum absolute atomic E-state index is 0.138. The Balaban J connectivity index is 2.12. The average molecular weight is 266 g/mol. The molecule has 1 heterocycles. The Morgan fingerprint density at radius 2 is 2.32 bits per heavy atom. The van der Waals surface area contributed by atoms with Crippen LogP contribution >= 0.6 is 0 Å². The van der Waals surface area contributed by atoms with Crippen LogP contribution in [0.25, 0.3) is 0 Å². The quantitative estimate of drug-likeness (QED) is 0.910. The third-order valence-electron chi connectivity index (χ3n) is 3.62. The van der Waals surface area contributed by atoms with E-state index in [9.17, 15) is 4.39 Å². The van der Waals surface area contributed by atoms with Gasteiger partial charge in [-0.25, -0.2) is 4.39 Å². The van der Waals surface area contributed by atoms with Gasteiger partial charge in [0, 0.05) is 25.7 Å². The lowest BCUT2D eigenvalue weighted by molar-refractivity contribution is 0.0525. The number of hydrogen-bond donors (Lipinski definition) is 1. The highest BCUT2D eigenvalue weighted by atomic mass is 19.1. The van der Waals surface area contributed by atoms with Crippen LogP contribution < -0.4 is 10.6 Å². The molecule has 1 aliphatic heterocycles. The zero-order valence-electron chi connectivity index (χ0n) is 11.7. The van der Waals surface area contributed by atoms with Crippen molar-refractivity contribution >= 4 is 5.69 Å². The topological polar surface area (TPSA) is 38.5 Å². The van der Waals surface area contributed by atoms with Gasteiger partial charge >= 0.3 is 0 Å². The SMILES string of the molecule is CCOC1CCCN(c2ccc([C@@H](C)N)cc2F)C1. The Labute approximate surface area is 114 Å². The molecule has 0 saturated carbocycles. The summed E-state index contributed by atoms with van der Waals surface area (Å²) in [4.78, 5) is 2.07. The minimum atomic E-state index is -0.188. The van der Waals surface area contributed by atoms with Crippen LogP contribution in [0.4, 0.5) is 10.1 Å². The summed E-state index contributed by atoms with van der Waals surface area (Å²) in [6, 6.07) is 5.15. The van der Waals surface area contributed by atoms with Crippen LogP contribution in [-0.4, -0.2) is 25.8 Å². The third-order valence-corrected chi connectivity index (χ3v) is 3.62. The summed E-state index contributed by atoms with van der Waals surface area (Å²) in [5, 5.41) is 0. The molecule has 2 atom stereocenters. The number of rotatable bonds is 4. The highest BCUT2D eigenvalue weighted by Crippen LogP contribution is 2.26. The second kappa shape index (κ2) is 6.35. The largest absolute Gasteiger partial charge is 0.377 e. The lowest BCUT2D eigenvalue weighted by Gasteiger charge is -2.34. The van der Waals surface area contributed by atoms with Gasteiger partial charge in [-0.05, 0) is 44.4 Å². The Hall–Kier alpha value is -1.13. The van der Waals surface area contributed by atoms with Crippen molar-refractivity contribution < 1.29 is 9.13 Å². The molecule has 106 valence electrons. The van der Waals surface area contributed by atoms with E-state index in [1.165, 1.54) is 0 Å². The summed E-state index contributed by atoms with van der Waals surface area (Å²) in [7, 11) is 0. The molecule has 19 heavy (non-hydrogen) atoms. The summed E-state index contributed by atoms with van der Waals surface area (Å²) in [6.07, 6.45) is 2.31. The smallest absolute Gasteiger partial charge is 0.146 e. The molecule has 0 amide bonds. The van der Waals surface area contributed by atoms with Crippen LogP contribution in [0.3, 0.4) is 0 Å². The number of hydrogen-bond acceptors (Lipinski definition) is 3. The Kier molecular flexibility index (Phi) is 4.77. The molecule has 0 radical (unpaired) electrons. The van der Waals surface area contributed by atoms with Crippen molar-refractivity contribution in [1.29, 1.82) is 0 Å². The fraction of sp³-hybridized carbons (Fsp3) is 0.600. The van der Waals surface area contributed by atoms with E-state index in [0.717, 1.165) is 31.5 Å². The first-order chi connectivity index (χ1) is 9.11. The van der Waals surface area contributed by atoms with Crippen LogP contribution in [0.1, 0.15) is 38.3 Å². The first-order valence-corrected chi connectivity index (χ1v) is 7.03. The fourth-order valence-electron chi connectivity index (χ4n) is 2.59. The summed E-state index contributed by atoms with van der Waals surface area (Å²) in [5.41, 5.74) is 7.27. The van der Waals surface area contributed by atoms with Crippen molar-refractivity contribution in [1.82, 2.24) is 0 Å². The monoisotopic (exact) mass is 266 g/mol. The molecule has 4 heteroatoms. The summed E-state index contributed by atoms with van der Waals surface area (Å²) < 4.78 is 19.8. The first kappa shape index (κ1) is 14.3. The van der Waals surface area contributed by atoms with Gasteiger partial charge in [0.25, 0.3) is 0 Å². The van der Waals surface area contributed by atoms with E-state index in [1.807, 2.05) is 26.0 Å². The van der Waals surface area contributed by atoms with E-state index in [2.05, 4.69) is 4.90 Å². The molecule has 1 aromatic rings. The highest BCUT2D eigenvalue weighted by molar-refractivity contribution is 5.50. The Morgan fingerprint density at radius 1 is 1.53 bits per heavy atom. The molecule has 0 aromatic heterocycles. The Bertz CT molecular complexity index is 421. The van der Waals surface area contributed by atoms with E-state index in [1.54, 1.807) is 6.07 Å². The van der Waals surface area contributed by atoms with Gasteiger partial charge in [0.2, 0.25) is 0 Å². The second-order valence-electron chi connectivity index (χ2n) is 5.17. The van der Waals surface area contributed by atoms with Crippen molar-refractivity contribution in [3.8, 4) is 0 Å². The maximum absolute atomic E-state index is 14.2. The highest BCUT2D eigenvalue weighted by Gasteiger charge is 2.22. The molecule has 0 bridgehead atoms. The maximum Gasteiger partial charge on any atom is 0.146 e. The second-order valence-corrected chi connectivity index (χ2v) is 5.17. The predicted molar refractivity (Wildman–Crippen MR) is 75.9 cm³/mol. The van der Waals surface area contributed by atoms with Crippen molar-refractivity contribution in [2.75, 3.05) is 24.6 Å². The third kappa shape index (κ3) is 3.45. The molecule has 1 unspecified atom stereocenters. The van der Waals surface area contributed by atoms with E-state index in [4.69, 9.17) is 10.5 Å². The number of nitrogens with two attached hydrogens (primary N) is 1. The average Bonchev–Trinajstić information content (AvgIpc) is 2.39. The minimum Gasteiger partial charge on any atom is -0.377 e. The van der Waals surface area contributed by atoms with Gasteiger partial charge in [-0.15, -0.1) is 0 Å². The molecule has 1 fully saturated rings. The lowest BCUT2D eigenvalue weighted by Crippen LogP contribution is -2.40. The van der Waals surface area contributed by atoms with Gasteiger partial charge in [-0.1, -0.05) is 6.07 Å². The molecular weight excluding hydrogens is 243 g/mol. The molecule has 0 aliphatic carbocycles. The van der Waals surface area contributed by atoms with Gasteiger partial charge < -0.3 is 15.4 Å². The fourth-order valence-corrected chi connectivity index (χ4v) is 2.59. The molecule has 3 nitrogen and oxygen atoms in total. The van der Waals surface area contributed by atoms with E-state index in [-0.39, 0.29) is 18.0 Å². The zero-order valence-corrected chi connectivity index (χ0v) is 11.7. The molecular formula is C15H23FN2O. The van der Waals surface area contributed by atoms with E-state index < -0.39 is 0 Å². The van der Waals surface area contributed by atoms with Crippen molar-refractivity contribution in [2.45, 2.75) is 38.8 Å². The van der Waals surface area contributed by atoms with Crippen LogP contribution in [-0.2, 0) is 4.74 Å². The maximum atomic E-state index is 14.2. The van der Waals surface area contributed by atoms with Crippen LogP contribution in [0, 0.1) is 5.82 Å². The van der Waals surface area contributed by atoms with Crippen molar-refractivity contribution in [3.05, 3.63) is 29.6 Å². The summed E-state index contributed by atoms with van der Waals surface area (Å²) in [5.74, 6) is -0.188. The van der Waals surface area contributed by atoms with Gasteiger partial charge in [-0.2, -0.15) is 0 Å². The van der Waals surface area contributed by atoms with Crippen molar-refractivity contribution in [2.24, 2.45) is 5.73 Å². The van der Waals surface area contributed by atoms with Crippen molar-refractivity contribution in [3.63, 3.8) is 0 Å². The molecule has 2 rings (SSSR count). The number of nitrogens with zero attached hydrogens (tertiary/aromatic N) is 1. The summed E-state index contributed by atoms with van der Waals surface area (Å²) in [6.45, 7) is 6.22. The first-order valence-electron chi connectivity index (χ1n) is 7.03. The lowest BCUT2D eigenvalue weighted by atomic mass is 10.0. The standard InChI is InChI=1S/C15H23FN2O/c1-3-19-13-5-4-8-18(10-13)15-7-6-12(11(2)17)9-14(15)16/h6-7,9,11,13H,3-5,8,10,17H2,1-2H3/t11-,13?/m1/s1. The summed E-state index contributed by atoms with van der Waals surface area (Å²) >= 11 is 0. The molecule has 1 aromatic carbocycles. The van der Waals surface area contributed by atoms with Crippen LogP contribution in [0.5, 0.6) is 0 Å². The molecule has 2 N–H and O–H groups in total. The molecule has 0 spiro atoms. The molecule has 1 saturated heterocycles. The van der Waals surface area contributed by atoms with Gasteiger partial charge in [-0.3, -0.25) is 0 Å². The zero-order chi connectivity index (χ0) is 13.8. The number of benzene rings is 1. The Morgan fingerprint density at radius 3 is 2.95 bits per heavy atom.